The van der Waals surface area contributed by atoms with Crippen LogP contribution in [0.1, 0.15) is 57.8 Å². The Morgan fingerprint density at radius 1 is 1.16 bits per heavy atom. The van der Waals surface area contributed by atoms with Crippen LogP contribution in [0.4, 0.5) is 10.2 Å². The Morgan fingerprint density at radius 3 is 2.51 bits per heavy atom. The van der Waals surface area contributed by atoms with Gasteiger partial charge in [0.05, 0.1) is 30.6 Å². The molecule has 0 bridgehead atoms. The number of anilines is 1. The molecule has 1 unspecified atom stereocenters. The van der Waals surface area contributed by atoms with Crippen LogP contribution in [-0.2, 0) is 19.0 Å². The quantitative estimate of drug-likeness (QED) is 0.155. The summed E-state index contributed by atoms with van der Waals surface area (Å²) in [5.41, 5.74) is 3.91. The van der Waals surface area contributed by atoms with Gasteiger partial charge >= 0.3 is 5.97 Å². The molecule has 1 atom stereocenters. The number of nitrogens with zero attached hydrogens (tertiary/aromatic N) is 3. The number of aryl methyl sites for hydroxylation is 1. The number of phenols is 1. The molecule has 1 aliphatic heterocycles. The highest BCUT2D eigenvalue weighted by Crippen LogP contribution is 2.40. The summed E-state index contributed by atoms with van der Waals surface area (Å²) < 4.78 is 34.0. The molecule has 3 heterocycles. The molecule has 2 aromatic carbocycles. The summed E-state index contributed by atoms with van der Waals surface area (Å²) >= 11 is 0. The van der Waals surface area contributed by atoms with Crippen molar-refractivity contribution >= 4 is 17.4 Å². The lowest BCUT2D eigenvalue weighted by Crippen LogP contribution is -2.45. The average molecular weight is 616 g/mol. The number of pyridine rings is 1. The van der Waals surface area contributed by atoms with Gasteiger partial charge in [-0.25, -0.2) is 14.2 Å². The number of carbonyl (C=O) groups is 1. The van der Waals surface area contributed by atoms with E-state index in [9.17, 15) is 14.3 Å². The number of benzene rings is 2. The Bertz CT molecular complexity index is 1720. The fourth-order valence-electron chi connectivity index (χ4n) is 5.91. The number of imidazole rings is 1. The number of ether oxygens (including phenoxy) is 3. The number of esters is 1. The molecule has 45 heavy (non-hydrogen) atoms. The molecule has 0 radical (unpaired) electrons. The van der Waals surface area contributed by atoms with Crippen LogP contribution in [0.25, 0.3) is 28.0 Å². The molecule has 1 aliphatic rings. The third-order valence-electron chi connectivity index (χ3n) is 8.25. The van der Waals surface area contributed by atoms with E-state index in [0.29, 0.717) is 42.2 Å². The molecular weight excluding hydrogens is 573 g/mol. The zero-order chi connectivity index (χ0) is 32.5. The minimum atomic E-state index is -0.968. The Kier molecular flexibility index (Phi) is 9.05. The van der Waals surface area contributed by atoms with Crippen molar-refractivity contribution in [3.05, 3.63) is 84.3 Å². The lowest BCUT2D eigenvalue weighted by atomic mass is 9.92. The first-order chi connectivity index (χ1) is 21.3. The van der Waals surface area contributed by atoms with E-state index in [2.05, 4.69) is 18.4 Å². The van der Waals surface area contributed by atoms with Gasteiger partial charge in [-0.15, -0.1) is 6.58 Å². The van der Waals surface area contributed by atoms with Crippen molar-refractivity contribution in [3.8, 4) is 28.1 Å². The third-order valence-corrected chi connectivity index (χ3v) is 8.25. The largest absolute Gasteiger partial charge is 0.504 e. The van der Waals surface area contributed by atoms with Crippen LogP contribution >= 0.6 is 0 Å². The molecule has 5 rings (SSSR count). The third kappa shape index (κ3) is 6.74. The number of methoxy groups -OCH3 is 1. The normalized spacial score (nSPS) is 15.7. The van der Waals surface area contributed by atoms with Crippen LogP contribution in [0.2, 0.25) is 0 Å². The van der Waals surface area contributed by atoms with E-state index in [1.807, 2.05) is 68.6 Å². The van der Waals surface area contributed by atoms with Crippen molar-refractivity contribution in [2.24, 2.45) is 0 Å². The lowest BCUT2D eigenvalue weighted by Gasteiger charge is -2.41. The highest BCUT2D eigenvalue weighted by Gasteiger charge is 2.37. The van der Waals surface area contributed by atoms with Crippen molar-refractivity contribution in [1.29, 1.82) is 0 Å². The van der Waals surface area contributed by atoms with Crippen LogP contribution < -0.4 is 4.90 Å². The van der Waals surface area contributed by atoms with Gasteiger partial charge < -0.3 is 24.2 Å². The monoisotopic (exact) mass is 615 g/mol. The van der Waals surface area contributed by atoms with Gasteiger partial charge in [-0.05, 0) is 76.8 Å². The second kappa shape index (κ2) is 12.7. The van der Waals surface area contributed by atoms with Crippen molar-refractivity contribution < 1.29 is 28.5 Å². The molecule has 0 aliphatic carbocycles. The van der Waals surface area contributed by atoms with Crippen molar-refractivity contribution in [1.82, 2.24) is 9.38 Å². The molecule has 8 nitrogen and oxygen atoms in total. The van der Waals surface area contributed by atoms with E-state index in [1.165, 1.54) is 13.2 Å². The number of para-hydroxylation sites is 1. The minimum absolute atomic E-state index is 0.291. The van der Waals surface area contributed by atoms with Gasteiger partial charge in [0.25, 0.3) is 0 Å². The van der Waals surface area contributed by atoms with Gasteiger partial charge in [-0.2, -0.15) is 0 Å². The highest BCUT2D eigenvalue weighted by atomic mass is 19.1. The smallest absolute Gasteiger partial charge is 0.339 e. The number of aromatic nitrogens is 2. The van der Waals surface area contributed by atoms with Crippen LogP contribution in [0.15, 0.2) is 67.4 Å². The first-order valence-corrected chi connectivity index (χ1v) is 15.2. The molecule has 0 spiro atoms. The number of halogens is 1. The molecule has 238 valence electrons. The number of piperidine rings is 1. The van der Waals surface area contributed by atoms with Crippen LogP contribution in [0.3, 0.4) is 0 Å². The molecule has 9 heteroatoms. The molecule has 0 saturated carbocycles. The van der Waals surface area contributed by atoms with Crippen molar-refractivity contribution in [3.63, 3.8) is 0 Å². The van der Waals surface area contributed by atoms with Gasteiger partial charge in [0, 0.05) is 36.0 Å². The van der Waals surface area contributed by atoms with Gasteiger partial charge in [0.2, 0.25) is 0 Å². The maximum Gasteiger partial charge on any atom is 0.339 e. The Hall–Kier alpha value is -4.21. The summed E-state index contributed by atoms with van der Waals surface area (Å²) in [6.45, 7) is 15.5. The van der Waals surface area contributed by atoms with Gasteiger partial charge in [0.1, 0.15) is 11.5 Å². The van der Waals surface area contributed by atoms with E-state index < -0.39 is 29.2 Å². The van der Waals surface area contributed by atoms with Crippen molar-refractivity contribution in [2.75, 3.05) is 31.7 Å². The molecule has 1 N–H and O–H groups in total. The highest BCUT2D eigenvalue weighted by molar-refractivity contribution is 5.81. The second-order valence-electron chi connectivity index (χ2n) is 12.8. The van der Waals surface area contributed by atoms with Crippen molar-refractivity contribution in [2.45, 2.75) is 64.8 Å². The van der Waals surface area contributed by atoms with E-state index in [-0.39, 0.29) is 5.60 Å². The summed E-state index contributed by atoms with van der Waals surface area (Å²) in [6, 6.07) is 13.9. The first-order valence-electron chi connectivity index (χ1n) is 15.2. The summed E-state index contributed by atoms with van der Waals surface area (Å²) in [6.07, 6.45) is 4.30. The Balaban J connectivity index is 1.66. The number of hydrogen-bond donors (Lipinski definition) is 1. The number of hydrogen-bond acceptors (Lipinski definition) is 7. The maximum absolute atomic E-state index is 14.2. The molecule has 1 saturated heterocycles. The van der Waals surface area contributed by atoms with Gasteiger partial charge in [-0.1, -0.05) is 36.4 Å². The summed E-state index contributed by atoms with van der Waals surface area (Å²) in [5.74, 6) is -0.738. The molecule has 1 fully saturated rings. The standard InChI is InChI=1S/C36H42FN3O5/c1-8-19-44-36(6)15-17-39(18-16-36)33-30(32(34(42)43-7)45-35(3,4)5)23(2)20-29-38-28(22-40(29)33)25-12-9-11-24(21-25)26-13-10-14-27(37)31(26)41/h8-14,20-22,32,41H,1,15-19H2,2-7H3. The zero-order valence-corrected chi connectivity index (χ0v) is 26.9. The number of phenolic OH excluding ortho intramolecular Hbond substituents is 1. The molecule has 2 aromatic heterocycles. The SMILES string of the molecule is C=CCOC1(C)CCN(c2c(C(OC(C)(C)C)C(=O)OC)c(C)cc3nc(-c4cccc(-c5cccc(F)c5O)c4)cn23)CC1. The van der Waals surface area contributed by atoms with E-state index in [1.54, 1.807) is 18.2 Å². The molecular formula is C36H42FN3O5. The predicted molar refractivity (Wildman–Crippen MR) is 174 cm³/mol. The number of fused-ring (bicyclic) bond motifs is 1. The number of aromatic hydroxyl groups is 1. The topological polar surface area (TPSA) is 85.5 Å². The lowest BCUT2D eigenvalue weighted by molar-refractivity contribution is -0.164. The second-order valence-corrected chi connectivity index (χ2v) is 12.8. The van der Waals surface area contributed by atoms with Crippen LogP contribution in [0.5, 0.6) is 5.75 Å². The predicted octanol–water partition coefficient (Wildman–Crippen LogP) is 7.41. The minimum Gasteiger partial charge on any atom is -0.504 e. The Morgan fingerprint density at radius 2 is 1.84 bits per heavy atom. The fraction of sp³-hybridized carbons (Fsp3) is 0.389. The van der Waals surface area contributed by atoms with E-state index in [4.69, 9.17) is 19.2 Å². The van der Waals surface area contributed by atoms with Gasteiger partial charge in [0.15, 0.2) is 17.7 Å². The van der Waals surface area contributed by atoms with Gasteiger partial charge in [-0.3, -0.25) is 4.40 Å². The summed E-state index contributed by atoms with van der Waals surface area (Å²) in [4.78, 5) is 20.6. The summed E-state index contributed by atoms with van der Waals surface area (Å²) in [7, 11) is 1.37. The average Bonchev–Trinajstić information content (AvgIpc) is 3.43. The number of carbonyl (C=O) groups excluding carboxylic acids is 1. The zero-order valence-electron chi connectivity index (χ0n) is 26.9. The molecule has 4 aromatic rings. The maximum atomic E-state index is 14.2. The van der Waals surface area contributed by atoms with Crippen LogP contribution in [0, 0.1) is 12.7 Å². The molecule has 0 amide bonds. The number of rotatable bonds is 9. The first kappa shape index (κ1) is 32.2. The van der Waals surface area contributed by atoms with E-state index in [0.717, 1.165) is 35.3 Å². The summed E-state index contributed by atoms with van der Waals surface area (Å²) in [5, 5.41) is 10.4. The fourth-order valence-corrected chi connectivity index (χ4v) is 5.91. The Labute approximate surface area is 264 Å². The van der Waals surface area contributed by atoms with E-state index >= 15 is 0 Å². The van der Waals surface area contributed by atoms with Crippen LogP contribution in [-0.4, -0.2) is 58.5 Å².